The van der Waals surface area contributed by atoms with Gasteiger partial charge in [0.05, 0.1) is 10.1 Å². The quantitative estimate of drug-likeness (QED) is 0.801. The first-order valence-corrected chi connectivity index (χ1v) is 7.12. The maximum atomic E-state index is 12.4. The van der Waals surface area contributed by atoms with E-state index in [1.807, 2.05) is 48.5 Å². The Bertz CT molecular complexity index is 792. The van der Waals surface area contributed by atoms with Gasteiger partial charge < -0.3 is 10.5 Å². The zero-order valence-electron chi connectivity index (χ0n) is 10.8. The average Bonchev–Trinajstić information content (AvgIpc) is 2.83. The van der Waals surface area contributed by atoms with E-state index in [9.17, 15) is 4.79 Å². The van der Waals surface area contributed by atoms with Crippen LogP contribution in [0.25, 0.3) is 15.8 Å². The molecule has 2 N–H and O–H groups in total. The van der Waals surface area contributed by atoms with Crippen molar-refractivity contribution >= 4 is 21.6 Å². The molecule has 4 nitrogen and oxygen atoms in total. The fraction of sp³-hybridized carbons (Fsp3) is 0.133. The molecule has 3 aromatic rings. The van der Waals surface area contributed by atoms with Gasteiger partial charge in [-0.2, -0.15) is 0 Å². The van der Waals surface area contributed by atoms with Gasteiger partial charge in [0.2, 0.25) is 0 Å². The molecule has 5 heteroatoms. The van der Waals surface area contributed by atoms with Gasteiger partial charge >= 0.3 is 0 Å². The van der Waals surface area contributed by atoms with Crippen molar-refractivity contribution in [3.8, 4) is 11.4 Å². The van der Waals surface area contributed by atoms with Crippen molar-refractivity contribution in [3.05, 3.63) is 58.9 Å². The van der Waals surface area contributed by atoms with Crippen molar-refractivity contribution in [2.45, 2.75) is 0 Å². The summed E-state index contributed by atoms with van der Waals surface area (Å²) in [5.74, 6) is 0.673. The summed E-state index contributed by atoms with van der Waals surface area (Å²) >= 11 is 1.42. The number of aromatic nitrogens is 1. The van der Waals surface area contributed by atoms with Crippen LogP contribution in [0.2, 0.25) is 0 Å². The summed E-state index contributed by atoms with van der Waals surface area (Å²) in [4.78, 5) is 12.4. The molecule has 0 unspecified atom stereocenters. The van der Waals surface area contributed by atoms with Gasteiger partial charge in [-0.15, -0.1) is 0 Å². The van der Waals surface area contributed by atoms with Crippen LogP contribution in [0.5, 0.6) is 5.75 Å². The lowest BCUT2D eigenvalue weighted by atomic mass is 10.2. The van der Waals surface area contributed by atoms with Crippen molar-refractivity contribution in [3.63, 3.8) is 0 Å². The number of benzene rings is 2. The fourth-order valence-electron chi connectivity index (χ4n) is 2.05. The number of para-hydroxylation sites is 2. The van der Waals surface area contributed by atoms with Gasteiger partial charge in [0.25, 0.3) is 5.56 Å². The molecule has 0 aliphatic carbocycles. The minimum Gasteiger partial charge on any atom is -0.490 e. The molecule has 0 fully saturated rings. The Morgan fingerprint density at radius 3 is 2.65 bits per heavy atom. The summed E-state index contributed by atoms with van der Waals surface area (Å²) in [5, 5.41) is 0.728. The molecule has 0 saturated heterocycles. The van der Waals surface area contributed by atoms with Crippen molar-refractivity contribution in [1.82, 2.24) is 3.96 Å². The smallest absolute Gasteiger partial charge is 0.273 e. The normalized spacial score (nSPS) is 10.8. The van der Waals surface area contributed by atoms with E-state index in [0.29, 0.717) is 18.9 Å². The number of rotatable bonds is 4. The Labute approximate surface area is 120 Å². The minimum absolute atomic E-state index is 0.0191. The fourth-order valence-corrected chi connectivity index (χ4v) is 3.07. The van der Waals surface area contributed by atoms with Crippen LogP contribution < -0.4 is 16.0 Å². The van der Waals surface area contributed by atoms with Gasteiger partial charge in [0.1, 0.15) is 18.0 Å². The predicted octanol–water partition coefficient (Wildman–Crippen LogP) is 2.39. The molecular weight excluding hydrogens is 272 g/mol. The van der Waals surface area contributed by atoms with Gasteiger partial charge in [-0.05, 0) is 24.3 Å². The molecule has 0 aliphatic rings. The Morgan fingerprint density at radius 2 is 1.85 bits per heavy atom. The molecule has 3 rings (SSSR count). The molecule has 0 amide bonds. The number of ether oxygens (including phenoxy) is 1. The van der Waals surface area contributed by atoms with E-state index in [1.165, 1.54) is 11.5 Å². The first kappa shape index (κ1) is 12.9. The van der Waals surface area contributed by atoms with Crippen LogP contribution in [-0.4, -0.2) is 17.1 Å². The van der Waals surface area contributed by atoms with Crippen LogP contribution >= 0.6 is 11.5 Å². The highest BCUT2D eigenvalue weighted by atomic mass is 32.1. The zero-order valence-corrected chi connectivity index (χ0v) is 11.6. The third-order valence-electron chi connectivity index (χ3n) is 2.95. The molecule has 0 saturated carbocycles. The van der Waals surface area contributed by atoms with E-state index in [-0.39, 0.29) is 5.56 Å². The number of nitrogens with zero attached hydrogens (tertiary/aromatic N) is 1. The highest BCUT2D eigenvalue weighted by Gasteiger charge is 2.12. The van der Waals surface area contributed by atoms with Gasteiger partial charge in [-0.1, -0.05) is 35.8 Å². The molecule has 1 aromatic heterocycles. The third kappa shape index (κ3) is 2.21. The number of nitrogens with two attached hydrogens (primary N) is 1. The molecule has 0 bridgehead atoms. The maximum Gasteiger partial charge on any atom is 0.273 e. The standard InChI is InChI=1S/C15H14N2O2S/c16-9-10-19-13-7-3-2-6-12(13)17-15(18)11-5-1-4-8-14(11)20-17/h1-8H,9-10,16H2. The zero-order chi connectivity index (χ0) is 13.9. The lowest BCUT2D eigenvalue weighted by Gasteiger charge is -2.09. The molecule has 0 atom stereocenters. The molecule has 2 aromatic carbocycles. The summed E-state index contributed by atoms with van der Waals surface area (Å²) in [7, 11) is 0. The van der Waals surface area contributed by atoms with Crippen molar-refractivity contribution in [2.75, 3.05) is 13.2 Å². The second kappa shape index (κ2) is 5.48. The van der Waals surface area contributed by atoms with Crippen molar-refractivity contribution in [1.29, 1.82) is 0 Å². The second-order valence-electron chi connectivity index (χ2n) is 4.29. The Morgan fingerprint density at radius 1 is 1.10 bits per heavy atom. The largest absolute Gasteiger partial charge is 0.490 e. The molecule has 0 radical (unpaired) electrons. The SMILES string of the molecule is NCCOc1ccccc1-n1sc2ccccc2c1=O. The summed E-state index contributed by atoms with van der Waals surface area (Å²) in [6.07, 6.45) is 0. The second-order valence-corrected chi connectivity index (χ2v) is 5.28. The van der Waals surface area contributed by atoms with E-state index in [2.05, 4.69) is 0 Å². The van der Waals surface area contributed by atoms with E-state index < -0.39 is 0 Å². The molecule has 0 spiro atoms. The molecule has 102 valence electrons. The average molecular weight is 286 g/mol. The van der Waals surface area contributed by atoms with E-state index in [0.717, 1.165) is 15.8 Å². The van der Waals surface area contributed by atoms with Crippen LogP contribution in [0.15, 0.2) is 53.3 Å². The van der Waals surface area contributed by atoms with E-state index in [1.54, 1.807) is 3.96 Å². The summed E-state index contributed by atoms with van der Waals surface area (Å²) in [5.41, 5.74) is 6.20. The first-order valence-electron chi connectivity index (χ1n) is 6.34. The van der Waals surface area contributed by atoms with Gasteiger partial charge in [0.15, 0.2) is 0 Å². The van der Waals surface area contributed by atoms with Crippen LogP contribution in [0.4, 0.5) is 0 Å². The topological polar surface area (TPSA) is 57.2 Å². The van der Waals surface area contributed by atoms with E-state index >= 15 is 0 Å². The van der Waals surface area contributed by atoms with E-state index in [4.69, 9.17) is 10.5 Å². The number of hydrogen-bond acceptors (Lipinski definition) is 4. The summed E-state index contributed by atoms with van der Waals surface area (Å²) in [6.45, 7) is 0.867. The van der Waals surface area contributed by atoms with Crippen molar-refractivity contribution < 1.29 is 4.74 Å². The molecule has 0 aliphatic heterocycles. The number of hydrogen-bond donors (Lipinski definition) is 1. The van der Waals surface area contributed by atoms with Crippen LogP contribution in [-0.2, 0) is 0 Å². The molecule has 20 heavy (non-hydrogen) atoms. The third-order valence-corrected chi connectivity index (χ3v) is 4.05. The van der Waals surface area contributed by atoms with Gasteiger partial charge in [-0.25, -0.2) is 3.96 Å². The van der Waals surface area contributed by atoms with Crippen LogP contribution in [0.1, 0.15) is 0 Å². The summed E-state index contributed by atoms with van der Waals surface area (Å²) < 4.78 is 8.24. The predicted molar refractivity (Wildman–Crippen MR) is 82.0 cm³/mol. The monoisotopic (exact) mass is 286 g/mol. The summed E-state index contributed by atoms with van der Waals surface area (Å²) in [6, 6.07) is 15.1. The van der Waals surface area contributed by atoms with Gasteiger partial charge in [0, 0.05) is 6.54 Å². The lowest BCUT2D eigenvalue weighted by molar-refractivity contribution is 0.327. The van der Waals surface area contributed by atoms with Crippen LogP contribution in [0.3, 0.4) is 0 Å². The minimum atomic E-state index is -0.0191. The number of fused-ring (bicyclic) bond motifs is 1. The lowest BCUT2D eigenvalue weighted by Crippen LogP contribution is -2.15. The highest BCUT2D eigenvalue weighted by molar-refractivity contribution is 7.14. The Hall–Kier alpha value is -2.11. The first-order chi connectivity index (χ1) is 9.81. The van der Waals surface area contributed by atoms with Crippen LogP contribution in [0, 0.1) is 0 Å². The molecular formula is C15H14N2O2S. The van der Waals surface area contributed by atoms with Crippen molar-refractivity contribution in [2.24, 2.45) is 5.73 Å². The van der Waals surface area contributed by atoms with Gasteiger partial charge in [-0.3, -0.25) is 4.79 Å². The maximum absolute atomic E-state index is 12.4. The Kier molecular flexibility index (Phi) is 3.54. The Balaban J connectivity index is 2.16. The highest BCUT2D eigenvalue weighted by Crippen LogP contribution is 2.26. The molecule has 1 heterocycles.